The number of nitrogens with two attached hydrogens (primary N) is 1. The van der Waals surface area contributed by atoms with E-state index in [1.165, 1.54) is 35.1 Å². The highest BCUT2D eigenvalue weighted by Crippen LogP contribution is 2.25. The normalized spacial score (nSPS) is 10.5. The first kappa shape index (κ1) is 20.7. The molecule has 154 valence electrons. The number of hydrogen-bond acceptors (Lipinski definition) is 5. The molecule has 8 nitrogen and oxygen atoms in total. The fourth-order valence-electron chi connectivity index (χ4n) is 2.62. The first-order valence-corrected chi connectivity index (χ1v) is 8.98. The molecular formula is C21H19FN4O4. The summed E-state index contributed by atoms with van der Waals surface area (Å²) in [5.41, 5.74) is 7.68. The standard InChI is InChI=1S/C21H19FN4O4/c1-13-2-4-14(5-3-13)20-17(21(29)30-12-19(28)24-10-18(23)27)11-26(25-20)16-8-6-15(22)7-9-16/h2-9,11H,10,12H2,1H3,(H2,23,27)(H,24,28). The van der Waals surface area contributed by atoms with E-state index in [1.807, 2.05) is 31.2 Å². The molecular weight excluding hydrogens is 391 g/mol. The highest BCUT2D eigenvalue weighted by atomic mass is 19.1. The Hall–Kier alpha value is -4.01. The minimum Gasteiger partial charge on any atom is -0.452 e. The Bertz CT molecular complexity index is 1080. The van der Waals surface area contributed by atoms with E-state index in [1.54, 1.807) is 0 Å². The van der Waals surface area contributed by atoms with Crippen molar-refractivity contribution >= 4 is 17.8 Å². The minimum absolute atomic E-state index is 0.130. The Kier molecular flexibility index (Phi) is 6.21. The van der Waals surface area contributed by atoms with Gasteiger partial charge in [0.05, 0.1) is 12.2 Å². The zero-order valence-electron chi connectivity index (χ0n) is 16.1. The van der Waals surface area contributed by atoms with Crippen molar-refractivity contribution in [2.45, 2.75) is 6.92 Å². The van der Waals surface area contributed by atoms with Crippen molar-refractivity contribution in [1.82, 2.24) is 15.1 Å². The van der Waals surface area contributed by atoms with Crippen molar-refractivity contribution in [2.24, 2.45) is 5.73 Å². The maximum absolute atomic E-state index is 13.2. The van der Waals surface area contributed by atoms with Gasteiger partial charge in [-0.25, -0.2) is 13.9 Å². The monoisotopic (exact) mass is 410 g/mol. The molecule has 0 saturated carbocycles. The number of aryl methyl sites for hydroxylation is 1. The third-order valence-electron chi connectivity index (χ3n) is 4.14. The van der Waals surface area contributed by atoms with Crippen molar-refractivity contribution in [3.8, 4) is 16.9 Å². The fraction of sp³-hybridized carbons (Fsp3) is 0.143. The van der Waals surface area contributed by atoms with Gasteiger partial charge >= 0.3 is 5.97 Å². The molecule has 0 saturated heterocycles. The molecule has 0 bridgehead atoms. The number of halogens is 1. The number of benzene rings is 2. The van der Waals surface area contributed by atoms with E-state index < -0.39 is 30.2 Å². The average Bonchev–Trinajstić information content (AvgIpc) is 3.17. The van der Waals surface area contributed by atoms with Crippen LogP contribution >= 0.6 is 0 Å². The van der Waals surface area contributed by atoms with Crippen LogP contribution in [0.25, 0.3) is 16.9 Å². The molecule has 0 aliphatic rings. The van der Waals surface area contributed by atoms with Gasteiger partial charge in [0, 0.05) is 11.8 Å². The molecule has 9 heteroatoms. The van der Waals surface area contributed by atoms with E-state index in [4.69, 9.17) is 10.5 Å². The molecule has 0 atom stereocenters. The Morgan fingerprint density at radius 2 is 1.77 bits per heavy atom. The summed E-state index contributed by atoms with van der Waals surface area (Å²) in [7, 11) is 0. The van der Waals surface area contributed by atoms with Gasteiger partial charge in [0.15, 0.2) is 6.61 Å². The van der Waals surface area contributed by atoms with Gasteiger partial charge in [0.25, 0.3) is 5.91 Å². The molecule has 2 aromatic carbocycles. The lowest BCUT2D eigenvalue weighted by Gasteiger charge is -2.05. The summed E-state index contributed by atoms with van der Waals surface area (Å²) >= 11 is 0. The predicted molar refractivity (Wildman–Crippen MR) is 106 cm³/mol. The molecule has 30 heavy (non-hydrogen) atoms. The van der Waals surface area contributed by atoms with Crippen LogP contribution in [-0.2, 0) is 14.3 Å². The summed E-state index contributed by atoms with van der Waals surface area (Å²) in [5.74, 6) is -2.54. The van der Waals surface area contributed by atoms with Gasteiger partial charge in [-0.2, -0.15) is 5.10 Å². The molecule has 3 aromatic rings. The number of ether oxygens (including phenoxy) is 1. The molecule has 2 amide bonds. The fourth-order valence-corrected chi connectivity index (χ4v) is 2.62. The predicted octanol–water partition coefficient (Wildman–Crippen LogP) is 1.75. The Labute approximate surface area is 171 Å². The van der Waals surface area contributed by atoms with Gasteiger partial charge in [-0.15, -0.1) is 0 Å². The van der Waals surface area contributed by atoms with Gasteiger partial charge < -0.3 is 15.8 Å². The van der Waals surface area contributed by atoms with Crippen molar-refractivity contribution < 1.29 is 23.5 Å². The average molecular weight is 410 g/mol. The lowest BCUT2D eigenvalue weighted by Crippen LogP contribution is -2.36. The Morgan fingerprint density at radius 1 is 1.10 bits per heavy atom. The Balaban J connectivity index is 1.88. The molecule has 0 aliphatic carbocycles. The second-order valence-electron chi connectivity index (χ2n) is 6.50. The molecule has 0 radical (unpaired) electrons. The minimum atomic E-state index is -0.770. The van der Waals surface area contributed by atoms with Crippen LogP contribution in [0.5, 0.6) is 0 Å². The molecule has 1 heterocycles. The van der Waals surface area contributed by atoms with Crippen molar-refractivity contribution in [3.63, 3.8) is 0 Å². The van der Waals surface area contributed by atoms with E-state index in [9.17, 15) is 18.8 Å². The van der Waals surface area contributed by atoms with Gasteiger partial charge in [0.1, 0.15) is 17.1 Å². The summed E-state index contributed by atoms with van der Waals surface area (Å²) in [6, 6.07) is 13.0. The number of aromatic nitrogens is 2. The number of esters is 1. The van der Waals surface area contributed by atoms with Gasteiger partial charge in [-0.1, -0.05) is 29.8 Å². The van der Waals surface area contributed by atoms with Crippen LogP contribution in [0.1, 0.15) is 15.9 Å². The summed E-state index contributed by atoms with van der Waals surface area (Å²) < 4.78 is 19.7. The van der Waals surface area contributed by atoms with Gasteiger partial charge in [-0.3, -0.25) is 9.59 Å². The number of nitrogens with one attached hydrogen (secondary N) is 1. The molecule has 3 N–H and O–H groups in total. The molecule has 0 spiro atoms. The summed E-state index contributed by atoms with van der Waals surface area (Å²) in [6.45, 7) is 0.995. The van der Waals surface area contributed by atoms with Crippen molar-refractivity contribution in [3.05, 3.63) is 71.7 Å². The van der Waals surface area contributed by atoms with Crippen LogP contribution in [-0.4, -0.2) is 40.7 Å². The van der Waals surface area contributed by atoms with Crippen LogP contribution in [0.15, 0.2) is 54.7 Å². The number of carbonyl (C=O) groups is 3. The maximum atomic E-state index is 13.2. The largest absolute Gasteiger partial charge is 0.452 e. The zero-order chi connectivity index (χ0) is 21.7. The van der Waals surface area contributed by atoms with Crippen molar-refractivity contribution in [1.29, 1.82) is 0 Å². The maximum Gasteiger partial charge on any atom is 0.342 e. The number of hydrogen-bond donors (Lipinski definition) is 2. The van der Waals surface area contributed by atoms with Crippen LogP contribution in [0.4, 0.5) is 4.39 Å². The molecule has 0 unspecified atom stereocenters. The number of nitrogens with zero attached hydrogens (tertiary/aromatic N) is 2. The van der Waals surface area contributed by atoms with Crippen molar-refractivity contribution in [2.75, 3.05) is 13.2 Å². The number of amides is 2. The van der Waals surface area contributed by atoms with Crippen LogP contribution in [0.3, 0.4) is 0 Å². The third kappa shape index (κ3) is 5.07. The zero-order valence-corrected chi connectivity index (χ0v) is 16.1. The topological polar surface area (TPSA) is 116 Å². The molecule has 0 fully saturated rings. The number of carbonyl (C=O) groups excluding carboxylic acids is 3. The van der Waals surface area contributed by atoms with E-state index in [0.29, 0.717) is 16.9 Å². The summed E-state index contributed by atoms with van der Waals surface area (Å²) in [5, 5.41) is 6.68. The third-order valence-corrected chi connectivity index (χ3v) is 4.14. The molecule has 0 aliphatic heterocycles. The van der Waals surface area contributed by atoms with Gasteiger partial charge in [0.2, 0.25) is 5.91 Å². The second kappa shape index (κ2) is 8.99. The van der Waals surface area contributed by atoms with E-state index in [2.05, 4.69) is 10.4 Å². The van der Waals surface area contributed by atoms with E-state index in [0.717, 1.165) is 5.56 Å². The smallest absolute Gasteiger partial charge is 0.342 e. The number of primary amides is 1. The molecule has 1 aromatic heterocycles. The summed E-state index contributed by atoms with van der Waals surface area (Å²) in [4.78, 5) is 35.0. The van der Waals surface area contributed by atoms with Crippen LogP contribution < -0.4 is 11.1 Å². The van der Waals surface area contributed by atoms with Crippen LogP contribution in [0, 0.1) is 12.7 Å². The first-order chi connectivity index (χ1) is 14.3. The number of rotatable bonds is 7. The van der Waals surface area contributed by atoms with E-state index in [-0.39, 0.29) is 12.1 Å². The SMILES string of the molecule is Cc1ccc(-c2nn(-c3ccc(F)cc3)cc2C(=O)OCC(=O)NCC(N)=O)cc1. The first-order valence-electron chi connectivity index (χ1n) is 8.98. The highest BCUT2D eigenvalue weighted by Gasteiger charge is 2.21. The highest BCUT2D eigenvalue weighted by molar-refractivity contribution is 5.97. The second-order valence-corrected chi connectivity index (χ2v) is 6.50. The van der Waals surface area contributed by atoms with Gasteiger partial charge in [-0.05, 0) is 31.2 Å². The Morgan fingerprint density at radius 3 is 2.40 bits per heavy atom. The lowest BCUT2D eigenvalue weighted by atomic mass is 10.1. The lowest BCUT2D eigenvalue weighted by molar-refractivity contribution is -0.127. The molecule has 3 rings (SSSR count). The summed E-state index contributed by atoms with van der Waals surface area (Å²) in [6.07, 6.45) is 1.45. The quantitative estimate of drug-likeness (QED) is 0.576. The van der Waals surface area contributed by atoms with Crippen LogP contribution in [0.2, 0.25) is 0 Å². The van der Waals surface area contributed by atoms with E-state index >= 15 is 0 Å².